The van der Waals surface area contributed by atoms with Crippen LogP contribution in [0.15, 0.2) is 45.5 Å². The van der Waals surface area contributed by atoms with E-state index in [0.29, 0.717) is 17.1 Å². The first-order valence-corrected chi connectivity index (χ1v) is 10.7. The van der Waals surface area contributed by atoms with Crippen LogP contribution in [0.3, 0.4) is 0 Å². The van der Waals surface area contributed by atoms with Crippen LogP contribution in [0.25, 0.3) is 5.57 Å². The molecule has 0 atom stereocenters. The molecule has 0 amide bonds. The quantitative estimate of drug-likeness (QED) is 0.259. The number of aliphatic imine (C=N–C) groups is 1. The molecule has 0 aromatic heterocycles. The van der Waals surface area contributed by atoms with Gasteiger partial charge in [0.25, 0.3) is 0 Å². The third-order valence-corrected chi connectivity index (χ3v) is 6.10. The van der Waals surface area contributed by atoms with Gasteiger partial charge in [0.1, 0.15) is 0 Å². The monoisotopic (exact) mass is 405 g/mol. The lowest BCUT2D eigenvalue weighted by molar-refractivity contribution is 1.02. The second-order valence-electron chi connectivity index (χ2n) is 8.03. The summed E-state index contributed by atoms with van der Waals surface area (Å²) in [6.45, 7) is 27.1. The molecule has 0 saturated carbocycles. The largest absolute Gasteiger partial charge is 0.396 e. The molecule has 0 saturated heterocycles. The zero-order valence-electron chi connectivity index (χ0n) is 20.4. The van der Waals surface area contributed by atoms with Crippen LogP contribution in [0.5, 0.6) is 0 Å². The number of hydrogen-bond donors (Lipinski definition) is 2. The lowest BCUT2D eigenvalue weighted by Crippen LogP contribution is -2.12. The Balaban J connectivity index is 4.21. The number of anilines is 1. The number of allylic oxidation sites excluding steroid dienone is 7. The lowest BCUT2D eigenvalue weighted by atomic mass is 9.80. The number of hydrogen-bond acceptors (Lipinski definition) is 3. The van der Waals surface area contributed by atoms with Gasteiger partial charge in [0.05, 0.1) is 11.4 Å². The van der Waals surface area contributed by atoms with E-state index in [1.165, 1.54) is 22.3 Å². The SMILES string of the molecule is C=Nc1c(N)c(C(=C)/C(C(C)=C(C)C)=C(C)\C(C)=C/C)c(CC)c(CC)c1C(C)=N. The summed E-state index contributed by atoms with van der Waals surface area (Å²) in [5.41, 5.74) is 19.3. The molecule has 0 spiro atoms. The highest BCUT2D eigenvalue weighted by Gasteiger charge is 2.25. The van der Waals surface area contributed by atoms with Crippen molar-refractivity contribution in [1.29, 1.82) is 5.41 Å². The summed E-state index contributed by atoms with van der Waals surface area (Å²) >= 11 is 0. The van der Waals surface area contributed by atoms with Crippen LogP contribution in [0.1, 0.15) is 84.6 Å². The van der Waals surface area contributed by atoms with E-state index in [-0.39, 0.29) is 0 Å². The number of benzene rings is 1. The molecule has 0 heterocycles. The van der Waals surface area contributed by atoms with Gasteiger partial charge < -0.3 is 11.1 Å². The molecule has 0 bridgehead atoms. The molecule has 1 rings (SSSR count). The molecule has 3 N–H and O–H groups in total. The summed E-state index contributed by atoms with van der Waals surface area (Å²) in [6, 6.07) is 0. The maximum absolute atomic E-state index is 8.34. The zero-order valence-corrected chi connectivity index (χ0v) is 20.4. The molecule has 1 aromatic rings. The Bertz CT molecular complexity index is 978. The van der Waals surface area contributed by atoms with Crippen molar-refractivity contribution in [2.75, 3.05) is 5.73 Å². The van der Waals surface area contributed by atoms with E-state index < -0.39 is 0 Å². The molecule has 30 heavy (non-hydrogen) atoms. The van der Waals surface area contributed by atoms with E-state index >= 15 is 0 Å². The maximum Gasteiger partial charge on any atom is 0.0951 e. The predicted octanol–water partition coefficient (Wildman–Crippen LogP) is 7.77. The first-order chi connectivity index (χ1) is 14.0. The Labute approximate surface area is 183 Å². The summed E-state index contributed by atoms with van der Waals surface area (Å²) < 4.78 is 0. The Morgan fingerprint density at radius 1 is 0.967 bits per heavy atom. The minimum atomic E-state index is 0.463. The van der Waals surface area contributed by atoms with Gasteiger partial charge >= 0.3 is 0 Å². The summed E-state index contributed by atoms with van der Waals surface area (Å²) in [7, 11) is 0. The molecule has 0 radical (unpaired) electrons. The van der Waals surface area contributed by atoms with E-state index in [2.05, 4.69) is 79.8 Å². The van der Waals surface area contributed by atoms with Crippen molar-refractivity contribution in [3.8, 4) is 0 Å². The standard InChI is InChI=1S/C27H39N3/c1-12-16(6)18(8)23(17(7)15(4)5)19(9)24-21(13-2)22(14-3)25(20(10)28)27(30-11)26(24)29/h12,28H,9,11,13-14,29H2,1-8,10H3/b16-12-,23-18-,28-20?. The van der Waals surface area contributed by atoms with Gasteiger partial charge in [0.2, 0.25) is 0 Å². The van der Waals surface area contributed by atoms with Crippen molar-refractivity contribution in [1.82, 2.24) is 0 Å². The van der Waals surface area contributed by atoms with Gasteiger partial charge in [-0.3, -0.25) is 4.99 Å². The van der Waals surface area contributed by atoms with Crippen LogP contribution >= 0.6 is 0 Å². The molecule has 0 fully saturated rings. The molecule has 0 aliphatic heterocycles. The average molecular weight is 406 g/mol. The number of rotatable bonds is 8. The molecule has 1 aromatic carbocycles. The van der Waals surface area contributed by atoms with E-state index in [0.717, 1.165) is 46.2 Å². The Morgan fingerprint density at radius 3 is 1.83 bits per heavy atom. The smallest absolute Gasteiger partial charge is 0.0951 e. The Kier molecular flexibility index (Phi) is 8.77. The number of nitrogens with zero attached hydrogens (tertiary/aromatic N) is 1. The van der Waals surface area contributed by atoms with Gasteiger partial charge in [0, 0.05) is 16.8 Å². The van der Waals surface area contributed by atoms with Crippen LogP contribution in [0, 0.1) is 5.41 Å². The molecule has 0 unspecified atom stereocenters. The molecule has 162 valence electrons. The van der Waals surface area contributed by atoms with Crippen LogP contribution in [0.4, 0.5) is 11.4 Å². The highest BCUT2D eigenvalue weighted by molar-refractivity contribution is 6.08. The zero-order chi connectivity index (χ0) is 23.3. The van der Waals surface area contributed by atoms with Crippen LogP contribution in [0.2, 0.25) is 0 Å². The number of nitrogens with two attached hydrogens (primary N) is 1. The van der Waals surface area contributed by atoms with Crippen molar-refractivity contribution in [2.24, 2.45) is 4.99 Å². The summed E-state index contributed by atoms with van der Waals surface area (Å²) in [5, 5.41) is 8.34. The summed E-state index contributed by atoms with van der Waals surface area (Å²) in [6.07, 6.45) is 3.73. The maximum atomic E-state index is 8.34. The van der Waals surface area contributed by atoms with E-state index in [9.17, 15) is 0 Å². The Hall–Kier alpha value is -2.68. The topological polar surface area (TPSA) is 62.2 Å². The van der Waals surface area contributed by atoms with E-state index in [1.807, 2.05) is 0 Å². The van der Waals surface area contributed by atoms with Gasteiger partial charge in [-0.2, -0.15) is 0 Å². The van der Waals surface area contributed by atoms with Gasteiger partial charge in [0.15, 0.2) is 0 Å². The average Bonchev–Trinajstić information content (AvgIpc) is 2.71. The van der Waals surface area contributed by atoms with Gasteiger partial charge in [-0.25, -0.2) is 0 Å². The number of nitrogen functional groups attached to an aromatic ring is 1. The van der Waals surface area contributed by atoms with Gasteiger partial charge in [-0.1, -0.05) is 37.6 Å². The normalized spacial score (nSPS) is 12.4. The van der Waals surface area contributed by atoms with Crippen molar-refractivity contribution >= 4 is 29.4 Å². The van der Waals surface area contributed by atoms with Crippen LogP contribution < -0.4 is 5.73 Å². The van der Waals surface area contributed by atoms with E-state index in [4.69, 9.17) is 11.1 Å². The fourth-order valence-electron chi connectivity index (χ4n) is 4.08. The minimum absolute atomic E-state index is 0.463. The van der Waals surface area contributed by atoms with Crippen LogP contribution in [-0.4, -0.2) is 12.4 Å². The second-order valence-corrected chi connectivity index (χ2v) is 8.03. The highest BCUT2D eigenvalue weighted by atomic mass is 14.8. The molecule has 3 nitrogen and oxygen atoms in total. The third kappa shape index (κ3) is 4.56. The lowest BCUT2D eigenvalue weighted by Gasteiger charge is -2.26. The third-order valence-electron chi connectivity index (χ3n) is 6.10. The molecular formula is C27H39N3. The Morgan fingerprint density at radius 2 is 1.47 bits per heavy atom. The van der Waals surface area contributed by atoms with Crippen molar-refractivity contribution < 1.29 is 0 Å². The van der Waals surface area contributed by atoms with Crippen LogP contribution in [-0.2, 0) is 12.8 Å². The first kappa shape index (κ1) is 25.4. The first-order valence-electron chi connectivity index (χ1n) is 10.7. The van der Waals surface area contributed by atoms with E-state index in [1.54, 1.807) is 6.92 Å². The summed E-state index contributed by atoms with van der Waals surface area (Å²) in [5.74, 6) is 0. The second kappa shape index (κ2) is 10.4. The minimum Gasteiger partial charge on any atom is -0.396 e. The van der Waals surface area contributed by atoms with Gasteiger partial charge in [-0.05, 0) is 101 Å². The molecule has 0 aliphatic carbocycles. The predicted molar refractivity (Wildman–Crippen MR) is 137 cm³/mol. The molecule has 3 heteroatoms. The summed E-state index contributed by atoms with van der Waals surface area (Å²) in [4.78, 5) is 4.26. The molecule has 0 aliphatic rings. The van der Waals surface area contributed by atoms with Crippen molar-refractivity contribution in [2.45, 2.75) is 75.2 Å². The fourth-order valence-corrected chi connectivity index (χ4v) is 4.08. The van der Waals surface area contributed by atoms with Gasteiger partial charge in [-0.15, -0.1) is 0 Å². The molecular weight excluding hydrogens is 366 g/mol. The van der Waals surface area contributed by atoms with Crippen molar-refractivity contribution in [3.63, 3.8) is 0 Å². The fraction of sp³-hybridized carbons (Fsp3) is 0.407. The highest BCUT2D eigenvalue weighted by Crippen LogP contribution is 2.44. The number of nitrogens with one attached hydrogen (secondary N) is 1. The van der Waals surface area contributed by atoms with Crippen molar-refractivity contribution in [3.05, 3.63) is 62.8 Å².